The maximum atomic E-state index is 12.2. The van der Waals surface area contributed by atoms with Gasteiger partial charge < -0.3 is 9.42 Å². The van der Waals surface area contributed by atoms with Crippen LogP contribution in [0.4, 0.5) is 5.69 Å². The molecule has 0 bridgehead atoms. The topological polar surface area (TPSA) is 59.2 Å². The van der Waals surface area contributed by atoms with Crippen LogP contribution >= 0.6 is 11.6 Å². The van der Waals surface area contributed by atoms with E-state index in [-0.39, 0.29) is 11.8 Å². The van der Waals surface area contributed by atoms with Gasteiger partial charge in [-0.05, 0) is 31.0 Å². The molecule has 1 aromatic heterocycles. The molecule has 6 heteroatoms. The normalized spacial score (nSPS) is 22.0. The number of rotatable bonds is 3. The predicted molar refractivity (Wildman–Crippen MR) is 77.4 cm³/mol. The molecule has 1 aliphatic heterocycles. The first kappa shape index (κ1) is 12.8. The summed E-state index contributed by atoms with van der Waals surface area (Å²) in [5.74, 6) is 1.86. The van der Waals surface area contributed by atoms with Crippen LogP contribution in [0.1, 0.15) is 42.8 Å². The van der Waals surface area contributed by atoms with E-state index in [0.717, 1.165) is 24.4 Å². The van der Waals surface area contributed by atoms with Crippen LogP contribution in [0.2, 0.25) is 5.02 Å². The van der Waals surface area contributed by atoms with Crippen molar-refractivity contribution in [1.29, 1.82) is 0 Å². The SMILES string of the molecule is O=C1CC(c2nc(C3CC3)no2)CN1c1cccc(Cl)c1. The fourth-order valence-corrected chi connectivity index (χ4v) is 2.87. The van der Waals surface area contributed by atoms with Crippen molar-refractivity contribution in [3.8, 4) is 0 Å². The first-order chi connectivity index (χ1) is 10.2. The van der Waals surface area contributed by atoms with Crippen molar-refractivity contribution in [2.24, 2.45) is 0 Å². The summed E-state index contributed by atoms with van der Waals surface area (Å²) in [7, 11) is 0. The molecule has 2 fully saturated rings. The van der Waals surface area contributed by atoms with Gasteiger partial charge in [-0.2, -0.15) is 4.98 Å². The molecule has 21 heavy (non-hydrogen) atoms. The van der Waals surface area contributed by atoms with E-state index >= 15 is 0 Å². The van der Waals surface area contributed by atoms with E-state index in [2.05, 4.69) is 10.1 Å². The van der Waals surface area contributed by atoms with Crippen molar-refractivity contribution in [1.82, 2.24) is 10.1 Å². The first-order valence-corrected chi connectivity index (χ1v) is 7.48. The lowest BCUT2D eigenvalue weighted by atomic mass is 10.1. The average molecular weight is 304 g/mol. The number of hydrogen-bond acceptors (Lipinski definition) is 4. The third-order valence-corrected chi connectivity index (χ3v) is 4.23. The number of amides is 1. The van der Waals surface area contributed by atoms with Crippen LogP contribution in [0.15, 0.2) is 28.8 Å². The molecule has 1 atom stereocenters. The lowest BCUT2D eigenvalue weighted by Crippen LogP contribution is -2.24. The monoisotopic (exact) mass is 303 g/mol. The Morgan fingerprint density at radius 3 is 2.90 bits per heavy atom. The fraction of sp³-hybridized carbons (Fsp3) is 0.400. The quantitative estimate of drug-likeness (QED) is 0.874. The zero-order chi connectivity index (χ0) is 14.4. The summed E-state index contributed by atoms with van der Waals surface area (Å²) in [4.78, 5) is 18.4. The second-order valence-corrected chi connectivity index (χ2v) is 6.09. The van der Waals surface area contributed by atoms with E-state index in [1.807, 2.05) is 12.1 Å². The van der Waals surface area contributed by atoms with Gasteiger partial charge in [0.25, 0.3) is 0 Å². The molecule has 4 rings (SSSR count). The fourth-order valence-electron chi connectivity index (χ4n) is 2.69. The van der Waals surface area contributed by atoms with Crippen LogP contribution in [-0.4, -0.2) is 22.6 Å². The molecule has 0 radical (unpaired) electrons. The summed E-state index contributed by atoms with van der Waals surface area (Å²) in [6.07, 6.45) is 2.67. The molecule has 2 heterocycles. The molecular formula is C15H14ClN3O2. The second-order valence-electron chi connectivity index (χ2n) is 5.65. The number of hydrogen-bond donors (Lipinski definition) is 0. The number of anilines is 1. The van der Waals surface area contributed by atoms with Gasteiger partial charge in [-0.25, -0.2) is 0 Å². The predicted octanol–water partition coefficient (Wildman–Crippen LogP) is 3.12. The van der Waals surface area contributed by atoms with Gasteiger partial charge in [-0.1, -0.05) is 22.8 Å². The minimum Gasteiger partial charge on any atom is -0.339 e. The van der Waals surface area contributed by atoms with E-state index in [0.29, 0.717) is 29.8 Å². The van der Waals surface area contributed by atoms with E-state index in [1.165, 1.54) is 0 Å². The van der Waals surface area contributed by atoms with Crippen molar-refractivity contribution in [2.45, 2.75) is 31.1 Å². The van der Waals surface area contributed by atoms with Gasteiger partial charge in [0.1, 0.15) is 0 Å². The van der Waals surface area contributed by atoms with Gasteiger partial charge in [0.15, 0.2) is 5.82 Å². The molecular weight excluding hydrogens is 290 g/mol. The first-order valence-electron chi connectivity index (χ1n) is 7.10. The molecule has 1 saturated carbocycles. The van der Waals surface area contributed by atoms with Crippen LogP contribution < -0.4 is 4.90 Å². The van der Waals surface area contributed by atoms with E-state index < -0.39 is 0 Å². The molecule has 1 aliphatic carbocycles. The Morgan fingerprint density at radius 2 is 2.14 bits per heavy atom. The number of benzene rings is 1. The number of carbonyl (C=O) groups is 1. The van der Waals surface area contributed by atoms with Gasteiger partial charge in [0, 0.05) is 29.6 Å². The third-order valence-electron chi connectivity index (χ3n) is 3.99. The van der Waals surface area contributed by atoms with Gasteiger partial charge in [0.2, 0.25) is 11.8 Å². The summed E-state index contributed by atoms with van der Waals surface area (Å²) in [5, 5.41) is 4.65. The van der Waals surface area contributed by atoms with Crippen molar-refractivity contribution < 1.29 is 9.32 Å². The Morgan fingerprint density at radius 1 is 1.29 bits per heavy atom. The molecule has 0 N–H and O–H groups in total. The second kappa shape index (κ2) is 4.84. The van der Waals surface area contributed by atoms with Crippen LogP contribution in [0.25, 0.3) is 0 Å². The number of carbonyl (C=O) groups excluding carboxylic acids is 1. The molecule has 5 nitrogen and oxygen atoms in total. The minimum absolute atomic E-state index is 0.0310. The van der Waals surface area contributed by atoms with E-state index in [4.69, 9.17) is 16.1 Å². The number of aromatic nitrogens is 2. The van der Waals surface area contributed by atoms with Gasteiger partial charge in [0.05, 0.1) is 5.92 Å². The van der Waals surface area contributed by atoms with E-state index in [1.54, 1.807) is 17.0 Å². The molecule has 1 aromatic carbocycles. The Bertz CT molecular complexity index is 696. The molecule has 2 aromatic rings. The standard InChI is InChI=1S/C15H14ClN3O2/c16-11-2-1-3-12(7-11)19-8-10(6-13(19)20)15-17-14(18-21-15)9-4-5-9/h1-3,7,9-10H,4-6,8H2. The summed E-state index contributed by atoms with van der Waals surface area (Å²) in [6, 6.07) is 7.32. The molecule has 108 valence electrons. The Hall–Kier alpha value is -1.88. The zero-order valence-electron chi connectivity index (χ0n) is 11.3. The lowest BCUT2D eigenvalue weighted by Gasteiger charge is -2.16. The molecule has 1 amide bonds. The molecule has 1 saturated heterocycles. The molecule has 0 spiro atoms. The largest absolute Gasteiger partial charge is 0.339 e. The van der Waals surface area contributed by atoms with Crippen LogP contribution in [0.5, 0.6) is 0 Å². The lowest BCUT2D eigenvalue weighted by molar-refractivity contribution is -0.117. The molecule has 2 aliphatic rings. The summed E-state index contributed by atoms with van der Waals surface area (Å²) in [6.45, 7) is 0.561. The average Bonchev–Trinajstić information content (AvgIpc) is 3.07. The van der Waals surface area contributed by atoms with Crippen LogP contribution in [-0.2, 0) is 4.79 Å². The maximum absolute atomic E-state index is 12.2. The Labute approximate surface area is 126 Å². The van der Waals surface area contributed by atoms with Crippen molar-refractivity contribution in [3.63, 3.8) is 0 Å². The number of nitrogens with zero attached hydrogens (tertiary/aromatic N) is 3. The smallest absolute Gasteiger partial charge is 0.232 e. The highest BCUT2D eigenvalue weighted by atomic mass is 35.5. The highest BCUT2D eigenvalue weighted by Crippen LogP contribution is 2.39. The maximum Gasteiger partial charge on any atom is 0.232 e. The van der Waals surface area contributed by atoms with Crippen molar-refractivity contribution >= 4 is 23.2 Å². The van der Waals surface area contributed by atoms with Crippen molar-refractivity contribution in [3.05, 3.63) is 41.0 Å². The van der Waals surface area contributed by atoms with Gasteiger partial charge in [-0.3, -0.25) is 4.79 Å². The highest BCUT2D eigenvalue weighted by Gasteiger charge is 2.36. The summed E-state index contributed by atoms with van der Waals surface area (Å²) in [5.41, 5.74) is 0.817. The summed E-state index contributed by atoms with van der Waals surface area (Å²) >= 11 is 5.99. The Balaban J connectivity index is 1.55. The van der Waals surface area contributed by atoms with Crippen LogP contribution in [0, 0.1) is 0 Å². The van der Waals surface area contributed by atoms with Gasteiger partial charge >= 0.3 is 0 Å². The van der Waals surface area contributed by atoms with Gasteiger partial charge in [-0.15, -0.1) is 0 Å². The highest BCUT2D eigenvalue weighted by molar-refractivity contribution is 6.30. The Kier molecular flexibility index (Phi) is 2.96. The zero-order valence-corrected chi connectivity index (χ0v) is 12.1. The third kappa shape index (κ3) is 2.42. The number of halogens is 1. The van der Waals surface area contributed by atoms with Crippen LogP contribution in [0.3, 0.4) is 0 Å². The molecule has 1 unspecified atom stereocenters. The van der Waals surface area contributed by atoms with Crippen molar-refractivity contribution in [2.75, 3.05) is 11.4 Å². The minimum atomic E-state index is -0.0310. The summed E-state index contributed by atoms with van der Waals surface area (Å²) < 4.78 is 5.34. The van der Waals surface area contributed by atoms with E-state index in [9.17, 15) is 4.79 Å².